The van der Waals surface area contributed by atoms with Gasteiger partial charge in [-0.1, -0.05) is 30.3 Å². The molecular formula is C18H18OS. The summed E-state index contributed by atoms with van der Waals surface area (Å²) in [7, 11) is 0. The standard InChI is InChI=1S/C18H18OS/c1-13-4-8-16(12-14(13)2)18(19)11-7-15-5-9-17(20-3)10-6-15/h4-12H,1-3H3/b11-7+. The van der Waals surface area contributed by atoms with Gasteiger partial charge >= 0.3 is 0 Å². The van der Waals surface area contributed by atoms with Crippen molar-refractivity contribution in [2.24, 2.45) is 0 Å². The Morgan fingerprint density at radius 2 is 1.70 bits per heavy atom. The summed E-state index contributed by atoms with van der Waals surface area (Å²) in [5.41, 5.74) is 4.14. The van der Waals surface area contributed by atoms with Crippen LogP contribution >= 0.6 is 11.8 Å². The highest BCUT2D eigenvalue weighted by atomic mass is 32.2. The fraction of sp³-hybridized carbons (Fsp3) is 0.167. The van der Waals surface area contributed by atoms with Crippen LogP contribution in [0.15, 0.2) is 53.4 Å². The molecule has 0 aliphatic rings. The summed E-state index contributed by atoms with van der Waals surface area (Å²) >= 11 is 1.71. The molecule has 2 aromatic carbocycles. The predicted octanol–water partition coefficient (Wildman–Crippen LogP) is 4.92. The van der Waals surface area contributed by atoms with Gasteiger partial charge in [-0.05, 0) is 61.1 Å². The van der Waals surface area contributed by atoms with Gasteiger partial charge in [-0.25, -0.2) is 0 Å². The number of ketones is 1. The lowest BCUT2D eigenvalue weighted by molar-refractivity contribution is 0.104. The molecule has 20 heavy (non-hydrogen) atoms. The summed E-state index contributed by atoms with van der Waals surface area (Å²) < 4.78 is 0. The molecule has 0 unspecified atom stereocenters. The van der Waals surface area contributed by atoms with Crippen molar-refractivity contribution < 1.29 is 4.79 Å². The van der Waals surface area contributed by atoms with Gasteiger partial charge in [-0.3, -0.25) is 4.79 Å². The number of carbonyl (C=O) groups is 1. The SMILES string of the molecule is CSc1ccc(/C=C/C(=O)c2ccc(C)c(C)c2)cc1. The van der Waals surface area contributed by atoms with E-state index in [2.05, 4.69) is 12.1 Å². The Balaban J connectivity index is 2.13. The highest BCUT2D eigenvalue weighted by Gasteiger charge is 2.03. The first-order chi connectivity index (χ1) is 9.60. The third-order valence-corrected chi connectivity index (χ3v) is 4.08. The van der Waals surface area contributed by atoms with E-state index in [9.17, 15) is 4.79 Å². The zero-order valence-corrected chi connectivity index (χ0v) is 12.8. The van der Waals surface area contributed by atoms with Crippen LogP contribution in [0.2, 0.25) is 0 Å². The van der Waals surface area contributed by atoms with E-state index in [0.29, 0.717) is 0 Å². The Hall–Kier alpha value is -1.80. The van der Waals surface area contributed by atoms with E-state index < -0.39 is 0 Å². The number of carbonyl (C=O) groups excluding carboxylic acids is 1. The zero-order chi connectivity index (χ0) is 14.5. The lowest BCUT2D eigenvalue weighted by Gasteiger charge is -2.02. The summed E-state index contributed by atoms with van der Waals surface area (Å²) in [6, 6.07) is 14.0. The highest BCUT2D eigenvalue weighted by molar-refractivity contribution is 7.98. The minimum Gasteiger partial charge on any atom is -0.289 e. The topological polar surface area (TPSA) is 17.1 Å². The van der Waals surface area contributed by atoms with E-state index in [1.165, 1.54) is 10.5 Å². The smallest absolute Gasteiger partial charge is 0.185 e. The van der Waals surface area contributed by atoms with E-state index in [0.717, 1.165) is 16.7 Å². The number of rotatable bonds is 4. The second-order valence-corrected chi connectivity index (χ2v) is 5.65. The van der Waals surface area contributed by atoms with Gasteiger partial charge in [0.1, 0.15) is 0 Å². The molecule has 0 fully saturated rings. The molecule has 0 aliphatic heterocycles. The van der Waals surface area contributed by atoms with E-state index in [-0.39, 0.29) is 5.78 Å². The van der Waals surface area contributed by atoms with Gasteiger partial charge in [0.25, 0.3) is 0 Å². The first kappa shape index (κ1) is 14.6. The average Bonchev–Trinajstić information content (AvgIpc) is 2.48. The van der Waals surface area contributed by atoms with Crippen LogP contribution in [-0.4, -0.2) is 12.0 Å². The maximum atomic E-state index is 12.1. The number of hydrogen-bond donors (Lipinski definition) is 0. The molecule has 1 nitrogen and oxygen atoms in total. The first-order valence-corrected chi connectivity index (χ1v) is 7.76. The normalized spacial score (nSPS) is 10.9. The van der Waals surface area contributed by atoms with E-state index >= 15 is 0 Å². The molecule has 0 amide bonds. The summed E-state index contributed by atoms with van der Waals surface area (Å²) in [6.45, 7) is 4.07. The molecule has 2 aromatic rings. The number of hydrogen-bond acceptors (Lipinski definition) is 2. The first-order valence-electron chi connectivity index (χ1n) is 6.54. The van der Waals surface area contributed by atoms with Crippen LogP contribution in [0.4, 0.5) is 0 Å². The highest BCUT2D eigenvalue weighted by Crippen LogP contribution is 2.16. The van der Waals surface area contributed by atoms with Crippen molar-refractivity contribution in [3.8, 4) is 0 Å². The van der Waals surface area contributed by atoms with Gasteiger partial charge in [0.2, 0.25) is 0 Å². The van der Waals surface area contributed by atoms with Crippen LogP contribution in [0.3, 0.4) is 0 Å². The van der Waals surface area contributed by atoms with Gasteiger partial charge in [-0.2, -0.15) is 0 Å². The molecule has 0 heterocycles. The summed E-state index contributed by atoms with van der Waals surface area (Å²) in [5.74, 6) is 0.0436. The van der Waals surface area contributed by atoms with E-state index in [4.69, 9.17) is 0 Å². The number of benzene rings is 2. The molecule has 0 radical (unpaired) electrons. The zero-order valence-electron chi connectivity index (χ0n) is 12.0. The Morgan fingerprint density at radius 1 is 1.00 bits per heavy atom. The number of aryl methyl sites for hydroxylation is 2. The molecule has 0 saturated heterocycles. The number of allylic oxidation sites excluding steroid dienone is 1. The Bertz CT molecular complexity index is 639. The van der Waals surface area contributed by atoms with Crippen molar-refractivity contribution in [3.05, 3.63) is 70.8 Å². The number of thioether (sulfide) groups is 1. The van der Waals surface area contributed by atoms with Gasteiger partial charge in [0.15, 0.2) is 5.78 Å². The van der Waals surface area contributed by atoms with Crippen LogP contribution < -0.4 is 0 Å². The molecule has 2 rings (SSSR count). The summed E-state index contributed by atoms with van der Waals surface area (Å²) in [4.78, 5) is 13.3. The Kier molecular flexibility index (Phi) is 4.80. The third-order valence-electron chi connectivity index (χ3n) is 3.33. The summed E-state index contributed by atoms with van der Waals surface area (Å²) in [6.07, 6.45) is 5.55. The predicted molar refractivity (Wildman–Crippen MR) is 87.5 cm³/mol. The fourth-order valence-corrected chi connectivity index (χ4v) is 2.29. The van der Waals surface area contributed by atoms with Crippen molar-refractivity contribution in [3.63, 3.8) is 0 Å². The van der Waals surface area contributed by atoms with Crippen LogP contribution in [0.5, 0.6) is 0 Å². The maximum Gasteiger partial charge on any atom is 0.185 e. The summed E-state index contributed by atoms with van der Waals surface area (Å²) in [5, 5.41) is 0. The van der Waals surface area contributed by atoms with Gasteiger partial charge < -0.3 is 0 Å². The molecule has 2 heteroatoms. The average molecular weight is 282 g/mol. The Morgan fingerprint density at radius 3 is 2.30 bits per heavy atom. The Labute approximate surface area is 124 Å². The monoisotopic (exact) mass is 282 g/mol. The van der Waals surface area contributed by atoms with Crippen molar-refractivity contribution in [1.29, 1.82) is 0 Å². The third kappa shape index (κ3) is 3.61. The minimum absolute atomic E-state index is 0.0436. The maximum absolute atomic E-state index is 12.1. The van der Waals surface area contributed by atoms with Crippen molar-refractivity contribution in [2.75, 3.05) is 6.26 Å². The van der Waals surface area contributed by atoms with Crippen LogP contribution in [-0.2, 0) is 0 Å². The molecule has 0 aliphatic carbocycles. The van der Waals surface area contributed by atoms with Crippen LogP contribution in [0, 0.1) is 13.8 Å². The van der Waals surface area contributed by atoms with Crippen molar-refractivity contribution >= 4 is 23.6 Å². The molecule has 0 N–H and O–H groups in total. The van der Waals surface area contributed by atoms with Crippen LogP contribution in [0.1, 0.15) is 27.0 Å². The van der Waals surface area contributed by atoms with E-state index in [1.807, 2.05) is 56.5 Å². The van der Waals surface area contributed by atoms with E-state index in [1.54, 1.807) is 17.8 Å². The molecule has 0 aromatic heterocycles. The quantitative estimate of drug-likeness (QED) is 0.450. The lowest BCUT2D eigenvalue weighted by atomic mass is 10.0. The molecule has 0 bridgehead atoms. The molecule has 0 saturated carbocycles. The second kappa shape index (κ2) is 6.58. The largest absolute Gasteiger partial charge is 0.289 e. The van der Waals surface area contributed by atoms with Crippen molar-refractivity contribution in [1.82, 2.24) is 0 Å². The lowest BCUT2D eigenvalue weighted by Crippen LogP contribution is -1.95. The molecule has 0 atom stereocenters. The fourth-order valence-electron chi connectivity index (χ4n) is 1.88. The molecular weight excluding hydrogens is 264 g/mol. The second-order valence-electron chi connectivity index (χ2n) is 4.77. The van der Waals surface area contributed by atoms with Crippen molar-refractivity contribution in [2.45, 2.75) is 18.7 Å². The van der Waals surface area contributed by atoms with Crippen LogP contribution in [0.25, 0.3) is 6.08 Å². The van der Waals surface area contributed by atoms with Gasteiger partial charge in [0.05, 0.1) is 0 Å². The van der Waals surface area contributed by atoms with Gasteiger partial charge in [-0.15, -0.1) is 11.8 Å². The van der Waals surface area contributed by atoms with Gasteiger partial charge in [0, 0.05) is 10.5 Å². The minimum atomic E-state index is 0.0436. The molecule has 0 spiro atoms. The molecule has 102 valence electrons.